The van der Waals surface area contributed by atoms with Gasteiger partial charge in [0.15, 0.2) is 0 Å². The van der Waals surface area contributed by atoms with E-state index in [0.717, 1.165) is 62.9 Å². The average molecular weight is 445 g/mol. The first-order valence-corrected chi connectivity index (χ1v) is 12.3. The summed E-state index contributed by atoms with van der Waals surface area (Å²) < 4.78 is 11.6. The summed E-state index contributed by atoms with van der Waals surface area (Å²) in [6.45, 7) is 11.6. The zero-order chi connectivity index (χ0) is 22.9. The zero-order valence-corrected chi connectivity index (χ0v) is 20.2. The number of hydrogen-bond donors (Lipinski definition) is 1. The summed E-state index contributed by atoms with van der Waals surface area (Å²) in [5.41, 5.74) is 2.26. The fourth-order valence-corrected chi connectivity index (χ4v) is 5.51. The van der Waals surface area contributed by atoms with Crippen molar-refractivity contribution in [2.24, 2.45) is 11.3 Å². The first kappa shape index (κ1) is 23.5. The van der Waals surface area contributed by atoms with Gasteiger partial charge in [0.25, 0.3) is 0 Å². The maximum absolute atomic E-state index is 13.3. The van der Waals surface area contributed by atoms with Gasteiger partial charge in [0.05, 0.1) is 12.1 Å². The van der Waals surface area contributed by atoms with Crippen LogP contribution in [0.25, 0.3) is 0 Å². The molecule has 1 aromatic rings. The van der Waals surface area contributed by atoms with Gasteiger partial charge < -0.3 is 19.5 Å². The summed E-state index contributed by atoms with van der Waals surface area (Å²) in [6, 6.07) is 6.26. The summed E-state index contributed by atoms with van der Waals surface area (Å²) >= 11 is 0. The van der Waals surface area contributed by atoms with Crippen LogP contribution in [0.3, 0.4) is 0 Å². The lowest BCUT2D eigenvalue weighted by molar-refractivity contribution is -0.246. The summed E-state index contributed by atoms with van der Waals surface area (Å²) in [4.78, 5) is 17.4. The molecule has 0 bridgehead atoms. The van der Waals surface area contributed by atoms with E-state index in [4.69, 9.17) is 9.47 Å². The standard InChI is InChI=1S/C26H40N2O4/c1-19-5-6-21-18-28(15-16-31-22(21)17-19)23(29)20-7-9-26(10-8-20)11-13-27(14-12-26)24(30)32-25(2,3)4/h5-6,17,20,24,30H,7-16,18H2,1-4H3. The first-order chi connectivity index (χ1) is 15.1. The average Bonchev–Trinajstić information content (AvgIpc) is 2.95. The van der Waals surface area contributed by atoms with Crippen molar-refractivity contribution in [1.29, 1.82) is 0 Å². The second-order valence-corrected chi connectivity index (χ2v) is 11.1. The molecule has 1 amide bonds. The number of aliphatic hydroxyl groups is 1. The van der Waals surface area contributed by atoms with Gasteiger partial charge in [0, 0.05) is 31.1 Å². The minimum Gasteiger partial charge on any atom is -0.491 e. The number of likely N-dealkylation sites (tertiary alicyclic amines) is 1. The molecule has 32 heavy (non-hydrogen) atoms. The molecule has 2 heterocycles. The van der Waals surface area contributed by atoms with Crippen molar-refractivity contribution < 1.29 is 19.4 Å². The van der Waals surface area contributed by atoms with Crippen molar-refractivity contribution in [2.75, 3.05) is 26.2 Å². The molecule has 1 atom stereocenters. The van der Waals surface area contributed by atoms with Crippen molar-refractivity contribution in [1.82, 2.24) is 9.80 Å². The number of ether oxygens (including phenoxy) is 2. The Morgan fingerprint density at radius 3 is 2.50 bits per heavy atom. The number of carbonyl (C=O) groups excluding carboxylic acids is 1. The van der Waals surface area contributed by atoms with Gasteiger partial charge in [0.1, 0.15) is 12.4 Å². The Kier molecular flexibility index (Phi) is 6.85. The van der Waals surface area contributed by atoms with Crippen LogP contribution >= 0.6 is 0 Å². The molecule has 1 spiro atoms. The second kappa shape index (κ2) is 9.32. The third-order valence-corrected chi connectivity index (χ3v) is 7.54. The Morgan fingerprint density at radius 1 is 1.16 bits per heavy atom. The maximum atomic E-state index is 13.3. The van der Waals surface area contributed by atoms with Crippen molar-refractivity contribution >= 4 is 5.91 Å². The third kappa shape index (κ3) is 5.46. The number of nitrogens with zero attached hydrogens (tertiary/aromatic N) is 2. The van der Waals surface area contributed by atoms with Gasteiger partial charge >= 0.3 is 0 Å². The topological polar surface area (TPSA) is 62.2 Å². The minimum atomic E-state index is -0.831. The van der Waals surface area contributed by atoms with Gasteiger partial charge in [-0.25, -0.2) is 0 Å². The molecular weight excluding hydrogens is 404 g/mol. The lowest BCUT2D eigenvalue weighted by Crippen LogP contribution is -2.49. The van der Waals surface area contributed by atoms with Gasteiger partial charge in [-0.3, -0.25) is 9.69 Å². The molecule has 1 aliphatic carbocycles. The van der Waals surface area contributed by atoms with E-state index in [1.54, 1.807) is 0 Å². The van der Waals surface area contributed by atoms with Crippen LogP contribution in [0.5, 0.6) is 5.75 Å². The Morgan fingerprint density at radius 2 is 1.84 bits per heavy atom. The highest BCUT2D eigenvalue weighted by molar-refractivity contribution is 5.79. The molecular formula is C26H40N2O4. The number of aliphatic hydroxyl groups excluding tert-OH is 1. The SMILES string of the molecule is Cc1ccc2c(c1)OCCN(C(=O)C1CCC3(CC1)CCN(C(O)OC(C)(C)C)CC3)C2. The highest BCUT2D eigenvalue weighted by Gasteiger charge is 2.42. The molecule has 178 valence electrons. The van der Waals surface area contributed by atoms with Gasteiger partial charge in [-0.15, -0.1) is 0 Å². The molecule has 6 heteroatoms. The number of amides is 1. The van der Waals surface area contributed by atoms with Crippen molar-refractivity contribution in [3.8, 4) is 5.75 Å². The summed E-state index contributed by atoms with van der Waals surface area (Å²) in [5.74, 6) is 1.34. The normalized spacial score (nSPS) is 23.3. The third-order valence-electron chi connectivity index (χ3n) is 7.54. The van der Waals surface area contributed by atoms with Crippen LogP contribution in [-0.2, 0) is 16.1 Å². The maximum Gasteiger partial charge on any atom is 0.226 e. The molecule has 1 N–H and O–H groups in total. The van der Waals surface area contributed by atoms with E-state index >= 15 is 0 Å². The summed E-state index contributed by atoms with van der Waals surface area (Å²) in [6.07, 6.45) is 5.46. The molecule has 1 aromatic carbocycles. The van der Waals surface area contributed by atoms with E-state index in [1.165, 1.54) is 5.56 Å². The van der Waals surface area contributed by atoms with Crippen LogP contribution in [-0.4, -0.2) is 59.1 Å². The number of aryl methyl sites for hydroxylation is 1. The van der Waals surface area contributed by atoms with E-state index in [2.05, 4.69) is 25.1 Å². The molecule has 1 unspecified atom stereocenters. The van der Waals surface area contributed by atoms with E-state index in [0.29, 0.717) is 31.0 Å². The first-order valence-electron chi connectivity index (χ1n) is 12.3. The predicted octanol–water partition coefficient (Wildman–Crippen LogP) is 4.08. The molecule has 1 saturated carbocycles. The Balaban J connectivity index is 1.29. The monoisotopic (exact) mass is 444 g/mol. The largest absolute Gasteiger partial charge is 0.491 e. The molecule has 0 radical (unpaired) electrons. The zero-order valence-electron chi connectivity index (χ0n) is 20.2. The second-order valence-electron chi connectivity index (χ2n) is 11.1. The highest BCUT2D eigenvalue weighted by Crippen LogP contribution is 2.47. The number of hydrogen-bond acceptors (Lipinski definition) is 5. The highest BCUT2D eigenvalue weighted by atomic mass is 16.6. The lowest BCUT2D eigenvalue weighted by Gasteiger charge is -2.47. The van der Waals surface area contributed by atoms with Gasteiger partial charge in [0.2, 0.25) is 12.3 Å². The number of benzene rings is 1. The molecule has 0 aromatic heterocycles. The van der Waals surface area contributed by atoms with E-state index in [1.807, 2.05) is 30.6 Å². The Labute approximate surface area is 192 Å². The quantitative estimate of drug-likeness (QED) is 0.712. The molecule has 1 saturated heterocycles. The smallest absolute Gasteiger partial charge is 0.226 e. The van der Waals surface area contributed by atoms with Gasteiger partial charge in [-0.2, -0.15) is 0 Å². The molecule has 3 aliphatic rings. The fraction of sp³-hybridized carbons (Fsp3) is 0.731. The van der Waals surface area contributed by atoms with Crippen LogP contribution in [0.2, 0.25) is 0 Å². The van der Waals surface area contributed by atoms with Gasteiger partial charge in [-0.05, 0) is 83.3 Å². The number of carbonyl (C=O) groups is 1. The molecule has 2 fully saturated rings. The minimum absolute atomic E-state index is 0.125. The van der Waals surface area contributed by atoms with Crippen LogP contribution < -0.4 is 4.74 Å². The number of rotatable bonds is 3. The Bertz CT molecular complexity index is 801. The number of fused-ring (bicyclic) bond motifs is 1. The summed E-state index contributed by atoms with van der Waals surface area (Å²) in [5, 5.41) is 10.4. The van der Waals surface area contributed by atoms with Gasteiger partial charge in [-0.1, -0.05) is 12.1 Å². The molecule has 4 rings (SSSR count). The van der Waals surface area contributed by atoms with E-state index in [-0.39, 0.29) is 11.5 Å². The molecule has 2 aliphatic heterocycles. The Hall–Kier alpha value is -1.63. The van der Waals surface area contributed by atoms with Crippen LogP contribution in [0.15, 0.2) is 18.2 Å². The molecule has 6 nitrogen and oxygen atoms in total. The van der Waals surface area contributed by atoms with Crippen LogP contribution in [0, 0.1) is 18.3 Å². The lowest BCUT2D eigenvalue weighted by atomic mass is 9.65. The number of piperidine rings is 1. The van der Waals surface area contributed by atoms with Crippen molar-refractivity contribution in [3.63, 3.8) is 0 Å². The predicted molar refractivity (Wildman–Crippen MR) is 124 cm³/mol. The van der Waals surface area contributed by atoms with E-state index < -0.39 is 6.41 Å². The van der Waals surface area contributed by atoms with Crippen molar-refractivity contribution in [3.05, 3.63) is 29.3 Å². The van der Waals surface area contributed by atoms with Crippen LogP contribution in [0.1, 0.15) is 70.4 Å². The van der Waals surface area contributed by atoms with Crippen LogP contribution in [0.4, 0.5) is 0 Å². The summed E-state index contributed by atoms with van der Waals surface area (Å²) in [7, 11) is 0. The van der Waals surface area contributed by atoms with E-state index in [9.17, 15) is 9.90 Å². The van der Waals surface area contributed by atoms with Crippen molar-refractivity contribution in [2.45, 2.75) is 84.8 Å². The fourth-order valence-electron chi connectivity index (χ4n) is 5.51.